The first-order valence-corrected chi connectivity index (χ1v) is 4.10. The van der Waals surface area contributed by atoms with Crippen molar-refractivity contribution in [2.45, 2.75) is 30.5 Å². The Morgan fingerprint density at radius 2 is 2.00 bits per heavy atom. The van der Waals surface area contributed by atoms with E-state index in [1.165, 1.54) is 7.11 Å². The molecular formula is C8H15O5+. The summed E-state index contributed by atoms with van der Waals surface area (Å²) < 4.78 is 10.0. The summed E-state index contributed by atoms with van der Waals surface area (Å²) in [5, 5.41) is 27.8. The van der Waals surface area contributed by atoms with Crippen LogP contribution in [0.4, 0.5) is 0 Å². The Balaban J connectivity index is 2.69. The molecule has 0 bridgehead atoms. The van der Waals surface area contributed by atoms with Gasteiger partial charge in [0.15, 0.2) is 6.10 Å². The van der Waals surface area contributed by atoms with Gasteiger partial charge in [-0.2, -0.15) is 0 Å². The molecule has 3 N–H and O–H groups in total. The molecule has 0 aromatic heterocycles. The van der Waals surface area contributed by atoms with Crippen molar-refractivity contribution in [2.75, 3.05) is 13.7 Å². The molecule has 5 atom stereocenters. The number of rotatable bonds is 2. The minimum absolute atomic E-state index is 0.270. The normalized spacial score (nSPS) is 46.3. The van der Waals surface area contributed by atoms with E-state index in [0.717, 1.165) is 0 Å². The Kier molecular flexibility index (Phi) is 3.52. The van der Waals surface area contributed by atoms with Crippen molar-refractivity contribution in [1.29, 1.82) is 0 Å². The molecule has 5 heteroatoms. The fourth-order valence-electron chi connectivity index (χ4n) is 1.45. The van der Waals surface area contributed by atoms with Crippen LogP contribution in [-0.2, 0) is 9.47 Å². The number of hydrogen-bond acceptors (Lipinski definition) is 5. The molecule has 1 aliphatic rings. The molecule has 76 valence electrons. The lowest BCUT2D eigenvalue weighted by Crippen LogP contribution is -2.58. The van der Waals surface area contributed by atoms with Crippen LogP contribution in [0.2, 0.25) is 0 Å². The van der Waals surface area contributed by atoms with Gasteiger partial charge in [-0.15, -0.1) is 0 Å². The van der Waals surface area contributed by atoms with Crippen LogP contribution in [0.5, 0.6) is 0 Å². The number of methoxy groups -OCH3 is 1. The lowest BCUT2D eigenvalue weighted by molar-refractivity contribution is -0.225. The van der Waals surface area contributed by atoms with Crippen molar-refractivity contribution in [3.8, 4) is 0 Å². The van der Waals surface area contributed by atoms with Gasteiger partial charge in [-0.3, -0.25) is 0 Å². The molecule has 0 amide bonds. The van der Waals surface area contributed by atoms with Crippen LogP contribution in [0.15, 0.2) is 0 Å². The topological polar surface area (TPSA) is 79.2 Å². The van der Waals surface area contributed by atoms with Gasteiger partial charge >= 0.3 is 0 Å². The van der Waals surface area contributed by atoms with Crippen molar-refractivity contribution in [3.05, 3.63) is 6.92 Å². The highest BCUT2D eigenvalue weighted by molar-refractivity contribution is 4.93. The molecule has 0 aromatic rings. The van der Waals surface area contributed by atoms with Crippen LogP contribution >= 0.6 is 0 Å². The van der Waals surface area contributed by atoms with Crippen LogP contribution in [0.25, 0.3) is 0 Å². The highest BCUT2D eigenvalue weighted by Gasteiger charge is 2.45. The molecule has 0 aliphatic carbocycles. The summed E-state index contributed by atoms with van der Waals surface area (Å²) in [6, 6.07) is 0. The van der Waals surface area contributed by atoms with E-state index in [1.54, 1.807) is 0 Å². The highest BCUT2D eigenvalue weighted by Crippen LogP contribution is 2.22. The molecule has 1 fully saturated rings. The summed E-state index contributed by atoms with van der Waals surface area (Å²) in [5.74, 6) is 0. The van der Waals surface area contributed by atoms with E-state index in [1.807, 2.05) is 0 Å². The zero-order valence-electron chi connectivity index (χ0n) is 7.46. The first-order valence-electron chi connectivity index (χ1n) is 4.10. The standard InChI is InChI=1S/C8H15O5/c1-4-6(10)7(11)8(12-2)5(3-9)13-4/h4-11H,1,3H2,2H3/q+1. The van der Waals surface area contributed by atoms with Gasteiger partial charge in [-0.1, -0.05) is 0 Å². The fraction of sp³-hybridized carbons (Fsp3) is 0.875. The van der Waals surface area contributed by atoms with Crippen LogP contribution < -0.4 is 0 Å². The Labute approximate surface area is 76.9 Å². The molecule has 5 nitrogen and oxygen atoms in total. The SMILES string of the molecule is [CH2+]C1OC(CO)C(OC)C(O)C1O. The average molecular weight is 191 g/mol. The summed E-state index contributed by atoms with van der Waals surface area (Å²) in [6.45, 7) is 3.23. The highest BCUT2D eigenvalue weighted by atomic mass is 16.6. The third-order valence-electron chi connectivity index (χ3n) is 2.24. The van der Waals surface area contributed by atoms with E-state index in [0.29, 0.717) is 0 Å². The van der Waals surface area contributed by atoms with Crippen LogP contribution in [0.1, 0.15) is 0 Å². The molecule has 5 unspecified atom stereocenters. The van der Waals surface area contributed by atoms with E-state index in [9.17, 15) is 10.2 Å². The summed E-state index contributed by atoms with van der Waals surface area (Å²) in [4.78, 5) is 0. The van der Waals surface area contributed by atoms with Gasteiger partial charge in [0.2, 0.25) is 6.10 Å². The molecular weight excluding hydrogens is 176 g/mol. The van der Waals surface area contributed by atoms with E-state index < -0.39 is 30.5 Å². The van der Waals surface area contributed by atoms with Crippen LogP contribution in [0.3, 0.4) is 0 Å². The van der Waals surface area contributed by atoms with Gasteiger partial charge in [0.1, 0.15) is 18.3 Å². The maximum Gasteiger partial charge on any atom is 0.223 e. The molecule has 1 rings (SSSR count). The lowest BCUT2D eigenvalue weighted by atomic mass is 9.96. The third kappa shape index (κ3) is 1.95. The largest absolute Gasteiger partial charge is 0.394 e. The zero-order valence-corrected chi connectivity index (χ0v) is 7.46. The first kappa shape index (κ1) is 10.7. The predicted molar refractivity (Wildman–Crippen MR) is 43.9 cm³/mol. The number of ether oxygens (including phenoxy) is 2. The van der Waals surface area contributed by atoms with Crippen molar-refractivity contribution in [3.63, 3.8) is 0 Å². The summed E-state index contributed by atoms with van der Waals surface area (Å²) in [5.41, 5.74) is 0. The maximum atomic E-state index is 9.50. The molecule has 0 aromatic carbocycles. The third-order valence-corrected chi connectivity index (χ3v) is 2.24. The molecule has 0 saturated carbocycles. The average Bonchev–Trinajstić information content (AvgIpc) is 2.13. The zero-order chi connectivity index (χ0) is 10.0. The van der Waals surface area contributed by atoms with Crippen molar-refractivity contribution >= 4 is 0 Å². The van der Waals surface area contributed by atoms with Gasteiger partial charge in [0.25, 0.3) is 0 Å². The Bertz CT molecular complexity index is 161. The van der Waals surface area contributed by atoms with Crippen LogP contribution in [0, 0.1) is 6.92 Å². The van der Waals surface area contributed by atoms with Gasteiger partial charge in [-0.05, 0) is 0 Å². The molecule has 0 radical (unpaired) electrons. The van der Waals surface area contributed by atoms with Crippen molar-refractivity contribution in [1.82, 2.24) is 0 Å². The van der Waals surface area contributed by atoms with Crippen LogP contribution in [-0.4, -0.2) is 59.6 Å². The summed E-state index contributed by atoms with van der Waals surface area (Å²) in [7, 11) is 1.38. The molecule has 13 heavy (non-hydrogen) atoms. The maximum absolute atomic E-state index is 9.50. The second-order valence-corrected chi connectivity index (χ2v) is 3.08. The molecule has 1 aliphatic heterocycles. The minimum atomic E-state index is -1.08. The van der Waals surface area contributed by atoms with Gasteiger partial charge in [0, 0.05) is 7.11 Å². The van der Waals surface area contributed by atoms with E-state index in [4.69, 9.17) is 14.6 Å². The smallest absolute Gasteiger partial charge is 0.223 e. The van der Waals surface area contributed by atoms with E-state index >= 15 is 0 Å². The molecule has 1 heterocycles. The lowest BCUT2D eigenvalue weighted by Gasteiger charge is -2.37. The number of hydrogen-bond donors (Lipinski definition) is 3. The minimum Gasteiger partial charge on any atom is -0.394 e. The van der Waals surface area contributed by atoms with Gasteiger partial charge < -0.3 is 24.8 Å². The van der Waals surface area contributed by atoms with Crippen molar-refractivity contribution in [2.24, 2.45) is 0 Å². The Morgan fingerprint density at radius 1 is 1.38 bits per heavy atom. The van der Waals surface area contributed by atoms with E-state index in [-0.39, 0.29) is 6.61 Å². The predicted octanol–water partition coefficient (Wildman–Crippen LogP) is -1.68. The summed E-state index contributed by atoms with van der Waals surface area (Å²) >= 11 is 0. The Hall–Kier alpha value is -0.330. The van der Waals surface area contributed by atoms with Crippen molar-refractivity contribution < 1.29 is 24.8 Å². The van der Waals surface area contributed by atoms with E-state index in [2.05, 4.69) is 6.92 Å². The van der Waals surface area contributed by atoms with Gasteiger partial charge in [0.05, 0.1) is 13.5 Å². The quantitative estimate of drug-likeness (QED) is 0.454. The summed E-state index contributed by atoms with van der Waals surface area (Å²) in [6.07, 6.45) is -4.23. The van der Waals surface area contributed by atoms with Gasteiger partial charge in [-0.25, -0.2) is 0 Å². The number of aliphatic hydroxyl groups excluding tert-OH is 3. The molecule has 0 spiro atoms. The first-order chi connectivity index (χ1) is 6.11. The monoisotopic (exact) mass is 191 g/mol. The second kappa shape index (κ2) is 4.26. The second-order valence-electron chi connectivity index (χ2n) is 3.08. The fourth-order valence-corrected chi connectivity index (χ4v) is 1.45. The number of aliphatic hydroxyl groups is 3. The Morgan fingerprint density at radius 3 is 2.46 bits per heavy atom. The molecule has 1 saturated heterocycles.